The van der Waals surface area contributed by atoms with Gasteiger partial charge in [-0.15, -0.1) is 24.8 Å². The molecule has 5 aromatic rings. The third-order valence-corrected chi connectivity index (χ3v) is 6.69. The number of benzene rings is 3. The van der Waals surface area contributed by atoms with Crippen molar-refractivity contribution < 1.29 is 14.0 Å². The number of anilines is 2. The highest BCUT2D eigenvalue weighted by Crippen LogP contribution is 2.31. The molecule has 0 atom stereocenters. The number of furan rings is 1. The predicted molar refractivity (Wildman–Crippen MR) is 156 cm³/mol. The Morgan fingerprint density at radius 2 is 1.85 bits per heavy atom. The molecule has 39 heavy (non-hydrogen) atoms. The topological polar surface area (TPSA) is 94.5 Å². The van der Waals surface area contributed by atoms with E-state index < -0.39 is 0 Å². The van der Waals surface area contributed by atoms with Gasteiger partial charge in [0.05, 0.1) is 30.4 Å². The van der Waals surface area contributed by atoms with Crippen LogP contribution in [0.3, 0.4) is 0 Å². The third kappa shape index (κ3) is 5.77. The molecule has 0 saturated carbocycles. The summed E-state index contributed by atoms with van der Waals surface area (Å²) in [5, 5.41) is 4.94. The zero-order valence-corrected chi connectivity index (χ0v) is 22.5. The van der Waals surface area contributed by atoms with Crippen LogP contribution in [-0.4, -0.2) is 39.8 Å². The zero-order chi connectivity index (χ0) is 25.2. The van der Waals surface area contributed by atoms with Gasteiger partial charge in [0.2, 0.25) is 0 Å². The number of aromatic nitrogens is 2. The summed E-state index contributed by atoms with van der Waals surface area (Å²) in [5.41, 5.74) is 4.77. The van der Waals surface area contributed by atoms with E-state index in [0.29, 0.717) is 43.0 Å². The molecule has 3 heterocycles. The lowest BCUT2D eigenvalue weighted by Gasteiger charge is -2.25. The maximum Gasteiger partial charge on any atom is 0.258 e. The standard InChI is InChI=1S/C29H25N5O3.2ClH/c35-28(22-10-13-37-18-22)32-23-9-8-21-16-34(12-11-33(27(21)14-23)17-24-15-30-19-31-24)29(36)26-7-3-5-20-4-1-2-6-25(20)26;;/h1-10,13-15,18-19H,11-12,16-17H2,(H,30,31)(H,32,35);2*1H. The number of H-pyrrole nitrogens is 1. The van der Waals surface area contributed by atoms with Crippen LogP contribution in [0.25, 0.3) is 10.8 Å². The summed E-state index contributed by atoms with van der Waals surface area (Å²) in [5.74, 6) is -0.237. The summed E-state index contributed by atoms with van der Waals surface area (Å²) in [6.45, 7) is 2.25. The second-order valence-electron chi connectivity index (χ2n) is 9.06. The molecule has 0 bridgehead atoms. The lowest BCUT2D eigenvalue weighted by atomic mass is 10.0. The Balaban J connectivity index is 0.00000176. The Hall–Kier alpha value is -4.27. The Bertz CT molecular complexity index is 1570. The van der Waals surface area contributed by atoms with E-state index in [-0.39, 0.29) is 36.6 Å². The SMILES string of the molecule is Cl.Cl.O=C(Nc1ccc2c(c1)N(Cc1cnc[nH]1)CCN(C(=O)c1cccc3ccccc13)C2)c1ccoc1. The number of amides is 2. The van der Waals surface area contributed by atoms with Crippen molar-refractivity contribution in [3.05, 3.63) is 114 Å². The van der Waals surface area contributed by atoms with Crippen molar-refractivity contribution in [1.29, 1.82) is 0 Å². The molecule has 200 valence electrons. The third-order valence-electron chi connectivity index (χ3n) is 6.69. The number of halogens is 2. The van der Waals surface area contributed by atoms with Crippen LogP contribution in [0.4, 0.5) is 11.4 Å². The molecule has 2 amide bonds. The van der Waals surface area contributed by atoms with Gasteiger partial charge in [0.15, 0.2) is 0 Å². The molecule has 0 radical (unpaired) electrons. The number of nitrogens with one attached hydrogen (secondary N) is 2. The minimum atomic E-state index is -0.241. The largest absolute Gasteiger partial charge is 0.472 e. The summed E-state index contributed by atoms with van der Waals surface area (Å²) >= 11 is 0. The van der Waals surface area contributed by atoms with Crippen molar-refractivity contribution in [1.82, 2.24) is 14.9 Å². The van der Waals surface area contributed by atoms with Crippen LogP contribution in [-0.2, 0) is 13.1 Å². The van der Waals surface area contributed by atoms with Crippen LogP contribution in [0.1, 0.15) is 32.0 Å². The first-order chi connectivity index (χ1) is 18.2. The van der Waals surface area contributed by atoms with Gasteiger partial charge in [0.25, 0.3) is 11.8 Å². The summed E-state index contributed by atoms with van der Waals surface area (Å²) in [6.07, 6.45) is 6.35. The van der Waals surface area contributed by atoms with E-state index in [1.807, 2.05) is 65.6 Å². The number of imidazole rings is 1. The van der Waals surface area contributed by atoms with E-state index in [1.54, 1.807) is 18.6 Å². The van der Waals surface area contributed by atoms with Gasteiger partial charge < -0.3 is 24.5 Å². The monoisotopic (exact) mass is 563 g/mol. The van der Waals surface area contributed by atoms with E-state index in [2.05, 4.69) is 20.2 Å². The predicted octanol–water partition coefficient (Wildman–Crippen LogP) is 5.91. The number of fused-ring (bicyclic) bond motifs is 2. The number of carbonyl (C=O) groups excluding carboxylic acids is 2. The van der Waals surface area contributed by atoms with Crippen LogP contribution in [0.5, 0.6) is 0 Å². The summed E-state index contributed by atoms with van der Waals surface area (Å²) in [6, 6.07) is 21.3. The number of rotatable bonds is 5. The minimum absolute atomic E-state index is 0. The van der Waals surface area contributed by atoms with Crippen molar-refractivity contribution in [2.24, 2.45) is 0 Å². The van der Waals surface area contributed by atoms with Crippen LogP contribution in [0, 0.1) is 0 Å². The second-order valence-corrected chi connectivity index (χ2v) is 9.06. The van der Waals surface area contributed by atoms with Crippen LogP contribution in [0.15, 0.2) is 96.2 Å². The summed E-state index contributed by atoms with van der Waals surface area (Å²) < 4.78 is 5.04. The number of nitrogens with zero attached hydrogens (tertiary/aromatic N) is 3. The average molecular weight is 564 g/mol. The molecule has 0 spiro atoms. The molecular formula is C29H27Cl2N5O3. The Labute approximate surface area is 237 Å². The van der Waals surface area contributed by atoms with Crippen molar-refractivity contribution in [3.63, 3.8) is 0 Å². The lowest BCUT2D eigenvalue weighted by Crippen LogP contribution is -2.35. The highest BCUT2D eigenvalue weighted by molar-refractivity contribution is 6.07. The Kier molecular flexibility index (Phi) is 8.59. The molecule has 1 aliphatic heterocycles. The molecule has 2 N–H and O–H groups in total. The van der Waals surface area contributed by atoms with E-state index in [0.717, 1.165) is 27.7 Å². The van der Waals surface area contributed by atoms with Crippen molar-refractivity contribution >= 4 is 58.8 Å². The summed E-state index contributed by atoms with van der Waals surface area (Å²) in [7, 11) is 0. The quantitative estimate of drug-likeness (QED) is 0.277. The first kappa shape index (κ1) is 27.8. The molecule has 6 rings (SSSR count). The second kappa shape index (κ2) is 12.1. The van der Waals surface area contributed by atoms with Crippen LogP contribution < -0.4 is 10.2 Å². The minimum Gasteiger partial charge on any atom is -0.472 e. The molecule has 0 aliphatic carbocycles. The van der Waals surface area contributed by atoms with E-state index in [9.17, 15) is 9.59 Å². The van der Waals surface area contributed by atoms with Gasteiger partial charge in [-0.2, -0.15) is 0 Å². The fourth-order valence-electron chi connectivity index (χ4n) is 4.81. The van der Waals surface area contributed by atoms with Crippen molar-refractivity contribution in [2.45, 2.75) is 13.1 Å². The van der Waals surface area contributed by atoms with Gasteiger partial charge in [0, 0.05) is 42.8 Å². The van der Waals surface area contributed by atoms with Gasteiger partial charge in [-0.1, -0.05) is 42.5 Å². The highest BCUT2D eigenvalue weighted by Gasteiger charge is 2.26. The van der Waals surface area contributed by atoms with Crippen molar-refractivity contribution in [3.8, 4) is 0 Å². The van der Waals surface area contributed by atoms with Gasteiger partial charge in [-0.3, -0.25) is 9.59 Å². The maximum atomic E-state index is 13.8. The fraction of sp³-hybridized carbons (Fsp3) is 0.138. The van der Waals surface area contributed by atoms with Gasteiger partial charge in [-0.25, -0.2) is 4.98 Å². The number of hydrogen-bond donors (Lipinski definition) is 2. The van der Waals surface area contributed by atoms with Crippen LogP contribution in [0.2, 0.25) is 0 Å². The Morgan fingerprint density at radius 3 is 2.64 bits per heavy atom. The van der Waals surface area contributed by atoms with E-state index in [1.165, 1.54) is 12.5 Å². The first-order valence-corrected chi connectivity index (χ1v) is 12.1. The molecule has 0 fully saturated rings. The normalized spacial score (nSPS) is 12.6. The number of aromatic amines is 1. The molecule has 1 aliphatic rings. The van der Waals surface area contributed by atoms with Gasteiger partial charge in [-0.05, 0) is 40.6 Å². The van der Waals surface area contributed by atoms with E-state index in [4.69, 9.17) is 4.42 Å². The van der Waals surface area contributed by atoms with E-state index >= 15 is 0 Å². The summed E-state index contributed by atoms with van der Waals surface area (Å²) in [4.78, 5) is 37.8. The lowest BCUT2D eigenvalue weighted by molar-refractivity contribution is 0.0753. The average Bonchev–Trinajstić information content (AvgIpc) is 3.62. The first-order valence-electron chi connectivity index (χ1n) is 12.1. The molecular weight excluding hydrogens is 537 g/mol. The smallest absolute Gasteiger partial charge is 0.258 e. The highest BCUT2D eigenvalue weighted by atomic mass is 35.5. The molecule has 2 aromatic heterocycles. The zero-order valence-electron chi connectivity index (χ0n) is 20.9. The van der Waals surface area contributed by atoms with Gasteiger partial charge in [0.1, 0.15) is 6.26 Å². The fourth-order valence-corrected chi connectivity index (χ4v) is 4.81. The van der Waals surface area contributed by atoms with Gasteiger partial charge >= 0.3 is 0 Å². The molecule has 0 saturated heterocycles. The molecule has 3 aromatic carbocycles. The maximum absolute atomic E-state index is 13.8. The number of carbonyl (C=O) groups is 2. The van der Waals surface area contributed by atoms with Crippen LogP contribution >= 0.6 is 24.8 Å². The Morgan fingerprint density at radius 1 is 1.00 bits per heavy atom. The molecule has 10 heteroatoms. The number of hydrogen-bond acceptors (Lipinski definition) is 5. The van der Waals surface area contributed by atoms with Crippen molar-refractivity contribution in [2.75, 3.05) is 23.3 Å². The molecule has 8 nitrogen and oxygen atoms in total. The molecule has 0 unspecified atom stereocenters.